The fraction of sp³-hybridized carbons (Fsp3) is 0.286. The zero-order valence-corrected chi connectivity index (χ0v) is 15.5. The zero-order chi connectivity index (χ0) is 19.4. The average Bonchev–Trinajstić information content (AvgIpc) is 3.09. The first-order valence-electron chi connectivity index (χ1n) is 8.97. The SMILES string of the molecule is CC1=NN(c2ccc(C(=O)Nc3ccc(CC(C)C(=O)O)cc3)cc2)CC1. The third-order valence-electron chi connectivity index (χ3n) is 4.58. The van der Waals surface area contributed by atoms with Gasteiger partial charge in [-0.15, -0.1) is 0 Å². The molecule has 2 aromatic carbocycles. The van der Waals surface area contributed by atoms with E-state index in [1.54, 1.807) is 31.2 Å². The van der Waals surface area contributed by atoms with Crippen molar-refractivity contribution in [1.82, 2.24) is 0 Å². The van der Waals surface area contributed by atoms with Gasteiger partial charge in [0.1, 0.15) is 0 Å². The molecule has 1 heterocycles. The molecule has 2 N–H and O–H groups in total. The molecule has 0 radical (unpaired) electrons. The first-order valence-corrected chi connectivity index (χ1v) is 8.97. The van der Waals surface area contributed by atoms with E-state index in [1.807, 2.05) is 36.2 Å². The normalized spacial score (nSPS) is 14.6. The first-order chi connectivity index (χ1) is 12.9. The van der Waals surface area contributed by atoms with Crippen molar-refractivity contribution in [2.24, 2.45) is 11.0 Å². The second-order valence-corrected chi connectivity index (χ2v) is 6.85. The standard InChI is InChI=1S/C21H23N3O3/c1-14(21(26)27)13-16-3-7-18(8-4-16)22-20(25)17-5-9-19(10-6-17)24-12-11-15(2)23-24/h3-10,14H,11-13H2,1-2H3,(H,22,25)(H,26,27). The number of hydrogen-bond acceptors (Lipinski definition) is 4. The summed E-state index contributed by atoms with van der Waals surface area (Å²) in [5.74, 6) is -1.44. The summed E-state index contributed by atoms with van der Waals surface area (Å²) in [6.07, 6.45) is 1.42. The summed E-state index contributed by atoms with van der Waals surface area (Å²) in [5, 5.41) is 18.2. The predicted molar refractivity (Wildman–Crippen MR) is 106 cm³/mol. The lowest BCUT2D eigenvalue weighted by Gasteiger charge is -2.14. The van der Waals surface area contributed by atoms with Gasteiger partial charge in [-0.2, -0.15) is 5.10 Å². The van der Waals surface area contributed by atoms with Crippen LogP contribution in [0.25, 0.3) is 0 Å². The Morgan fingerprint density at radius 1 is 1.15 bits per heavy atom. The molecule has 6 nitrogen and oxygen atoms in total. The molecule has 1 aliphatic heterocycles. The first kappa shape index (κ1) is 18.6. The number of nitrogens with zero attached hydrogens (tertiary/aromatic N) is 2. The Hall–Kier alpha value is -3.15. The fourth-order valence-electron chi connectivity index (χ4n) is 2.91. The molecule has 0 saturated heterocycles. The van der Waals surface area contributed by atoms with Crippen molar-refractivity contribution in [2.45, 2.75) is 26.7 Å². The van der Waals surface area contributed by atoms with Crippen molar-refractivity contribution < 1.29 is 14.7 Å². The van der Waals surface area contributed by atoms with E-state index in [0.29, 0.717) is 17.7 Å². The summed E-state index contributed by atoms with van der Waals surface area (Å²) in [6, 6.07) is 14.6. The van der Waals surface area contributed by atoms with E-state index < -0.39 is 11.9 Å². The quantitative estimate of drug-likeness (QED) is 0.816. The van der Waals surface area contributed by atoms with Gasteiger partial charge in [0.05, 0.1) is 11.6 Å². The van der Waals surface area contributed by atoms with Crippen LogP contribution in [-0.4, -0.2) is 29.2 Å². The summed E-state index contributed by atoms with van der Waals surface area (Å²) in [7, 11) is 0. The number of anilines is 2. The molecule has 0 aliphatic carbocycles. The molecule has 0 fully saturated rings. The summed E-state index contributed by atoms with van der Waals surface area (Å²) in [6.45, 7) is 4.55. The number of hydrazone groups is 1. The third kappa shape index (κ3) is 4.73. The molecule has 1 amide bonds. The van der Waals surface area contributed by atoms with Crippen molar-refractivity contribution in [3.05, 3.63) is 59.7 Å². The number of carboxylic acid groups (broad SMARTS) is 1. The number of nitrogens with one attached hydrogen (secondary N) is 1. The number of carboxylic acids is 1. The Balaban J connectivity index is 1.61. The Morgan fingerprint density at radius 3 is 2.37 bits per heavy atom. The predicted octanol–water partition coefficient (Wildman–Crippen LogP) is 3.79. The van der Waals surface area contributed by atoms with Gasteiger partial charge in [-0.25, -0.2) is 0 Å². The van der Waals surface area contributed by atoms with Crippen molar-refractivity contribution in [1.29, 1.82) is 0 Å². The maximum atomic E-state index is 12.4. The molecule has 0 bridgehead atoms. The summed E-state index contributed by atoms with van der Waals surface area (Å²) < 4.78 is 0. The number of hydrogen-bond donors (Lipinski definition) is 2. The molecule has 0 aromatic heterocycles. The minimum Gasteiger partial charge on any atom is -0.481 e. The molecule has 1 atom stereocenters. The van der Waals surface area contributed by atoms with Gasteiger partial charge in [0.15, 0.2) is 0 Å². The summed E-state index contributed by atoms with van der Waals surface area (Å²) >= 11 is 0. The average molecular weight is 365 g/mol. The maximum absolute atomic E-state index is 12.4. The lowest BCUT2D eigenvalue weighted by Crippen LogP contribution is -2.14. The Morgan fingerprint density at radius 2 is 1.81 bits per heavy atom. The molecule has 1 aliphatic rings. The van der Waals surface area contributed by atoms with E-state index in [-0.39, 0.29) is 5.91 Å². The number of carbonyl (C=O) groups excluding carboxylic acids is 1. The Kier molecular flexibility index (Phi) is 5.54. The van der Waals surface area contributed by atoms with Gasteiger partial charge in [-0.05, 0) is 55.3 Å². The summed E-state index contributed by atoms with van der Waals surface area (Å²) in [5.41, 5.74) is 4.25. The van der Waals surface area contributed by atoms with Gasteiger partial charge in [0.25, 0.3) is 5.91 Å². The van der Waals surface area contributed by atoms with Crippen LogP contribution in [0.2, 0.25) is 0 Å². The van der Waals surface area contributed by atoms with Crippen molar-refractivity contribution in [3.8, 4) is 0 Å². The van der Waals surface area contributed by atoms with Crippen LogP contribution in [-0.2, 0) is 11.2 Å². The molecule has 2 aromatic rings. The van der Waals surface area contributed by atoms with Crippen LogP contribution in [0.4, 0.5) is 11.4 Å². The monoisotopic (exact) mass is 365 g/mol. The van der Waals surface area contributed by atoms with Crippen LogP contribution in [0.15, 0.2) is 53.6 Å². The minimum absolute atomic E-state index is 0.186. The lowest BCUT2D eigenvalue weighted by molar-refractivity contribution is -0.141. The van der Waals surface area contributed by atoms with Gasteiger partial charge < -0.3 is 10.4 Å². The van der Waals surface area contributed by atoms with E-state index >= 15 is 0 Å². The molecule has 0 saturated carbocycles. The van der Waals surface area contributed by atoms with Crippen molar-refractivity contribution in [3.63, 3.8) is 0 Å². The van der Waals surface area contributed by atoms with Crippen LogP contribution < -0.4 is 10.3 Å². The Bertz CT molecular complexity index is 857. The fourth-order valence-corrected chi connectivity index (χ4v) is 2.91. The van der Waals surface area contributed by atoms with Gasteiger partial charge in [-0.3, -0.25) is 14.6 Å². The van der Waals surface area contributed by atoms with E-state index in [4.69, 9.17) is 5.11 Å². The molecule has 140 valence electrons. The number of carbonyl (C=O) groups is 2. The van der Waals surface area contributed by atoms with Gasteiger partial charge in [0, 0.05) is 29.9 Å². The molecular formula is C21H23N3O3. The molecule has 6 heteroatoms. The topological polar surface area (TPSA) is 82.0 Å². The lowest BCUT2D eigenvalue weighted by atomic mass is 10.0. The Labute approximate surface area is 158 Å². The van der Waals surface area contributed by atoms with E-state index in [2.05, 4.69) is 10.4 Å². The van der Waals surface area contributed by atoms with E-state index in [0.717, 1.165) is 29.9 Å². The second-order valence-electron chi connectivity index (χ2n) is 6.85. The van der Waals surface area contributed by atoms with Gasteiger partial charge in [0.2, 0.25) is 0 Å². The van der Waals surface area contributed by atoms with Gasteiger partial charge in [-0.1, -0.05) is 19.1 Å². The smallest absolute Gasteiger partial charge is 0.306 e. The number of benzene rings is 2. The van der Waals surface area contributed by atoms with E-state index in [9.17, 15) is 9.59 Å². The van der Waals surface area contributed by atoms with E-state index in [1.165, 1.54) is 0 Å². The number of amides is 1. The van der Waals surface area contributed by atoms with Crippen molar-refractivity contribution in [2.75, 3.05) is 16.9 Å². The van der Waals surface area contributed by atoms with Crippen LogP contribution in [0, 0.1) is 5.92 Å². The highest BCUT2D eigenvalue weighted by molar-refractivity contribution is 6.04. The highest BCUT2D eigenvalue weighted by atomic mass is 16.4. The highest BCUT2D eigenvalue weighted by Gasteiger charge is 2.14. The zero-order valence-electron chi connectivity index (χ0n) is 15.5. The highest BCUT2D eigenvalue weighted by Crippen LogP contribution is 2.20. The molecule has 0 spiro atoms. The largest absolute Gasteiger partial charge is 0.481 e. The van der Waals surface area contributed by atoms with Crippen LogP contribution in [0.1, 0.15) is 36.2 Å². The molecule has 3 rings (SSSR count). The summed E-state index contributed by atoms with van der Waals surface area (Å²) in [4.78, 5) is 23.4. The third-order valence-corrected chi connectivity index (χ3v) is 4.58. The maximum Gasteiger partial charge on any atom is 0.306 e. The van der Waals surface area contributed by atoms with Crippen LogP contribution in [0.5, 0.6) is 0 Å². The molecule has 27 heavy (non-hydrogen) atoms. The van der Waals surface area contributed by atoms with Gasteiger partial charge >= 0.3 is 5.97 Å². The number of rotatable bonds is 6. The second kappa shape index (κ2) is 8.03. The molecular weight excluding hydrogens is 342 g/mol. The molecule has 1 unspecified atom stereocenters. The van der Waals surface area contributed by atoms with Crippen LogP contribution in [0.3, 0.4) is 0 Å². The minimum atomic E-state index is -0.814. The van der Waals surface area contributed by atoms with Crippen LogP contribution >= 0.6 is 0 Å². The number of aliphatic carboxylic acids is 1. The van der Waals surface area contributed by atoms with Crippen molar-refractivity contribution >= 4 is 29.0 Å².